The molecule has 4 aromatic carbocycles. The Morgan fingerprint density at radius 3 is 1.09 bits per heavy atom. The molecule has 0 heterocycles. The Balaban J connectivity index is 2.02. The normalized spacial score (nSPS) is 12.5. The number of halogens is 6. The first kappa shape index (κ1) is 24.0. The van der Waals surface area contributed by atoms with Crippen LogP contribution < -0.4 is 15.9 Å². The Hall–Kier alpha value is -3.11. The van der Waals surface area contributed by atoms with E-state index in [-0.39, 0.29) is 17.8 Å². The van der Waals surface area contributed by atoms with Crippen LogP contribution in [0.4, 0.5) is 26.3 Å². The molecule has 34 heavy (non-hydrogen) atoms. The van der Waals surface area contributed by atoms with E-state index in [2.05, 4.69) is 0 Å². The molecule has 0 aliphatic carbocycles. The Morgan fingerprint density at radius 2 is 0.794 bits per heavy atom. The molecule has 0 aromatic heterocycles. The molecule has 4 aromatic rings. The lowest BCUT2D eigenvalue weighted by Crippen LogP contribution is -2.32. The quantitative estimate of drug-likeness (QED) is 0.205. The Bertz CT molecular complexity index is 1100. The molecule has 0 amide bonds. The smallest absolute Gasteiger partial charge is 0.166 e. The van der Waals surface area contributed by atoms with Gasteiger partial charge in [-0.1, -0.05) is 54.6 Å². The molecule has 174 valence electrons. The fourth-order valence-corrected chi connectivity index (χ4v) is 8.37. The van der Waals surface area contributed by atoms with Crippen molar-refractivity contribution in [3.8, 4) is 0 Å². The topological polar surface area (TPSA) is 0 Å². The van der Waals surface area contributed by atoms with E-state index in [1.54, 1.807) is 0 Å². The summed E-state index contributed by atoms with van der Waals surface area (Å²) in [7, 11) is -2.65. The third-order valence-electron chi connectivity index (χ3n) is 5.66. The molecule has 4 rings (SSSR count). The lowest BCUT2D eigenvalue weighted by atomic mass is 10.1. The highest BCUT2D eigenvalue weighted by Crippen LogP contribution is 2.58. The van der Waals surface area contributed by atoms with Gasteiger partial charge in [-0.3, -0.25) is 0 Å². The lowest BCUT2D eigenvalue weighted by molar-refractivity contribution is -0.143. The van der Waals surface area contributed by atoms with Gasteiger partial charge < -0.3 is 0 Å². The van der Waals surface area contributed by atoms with E-state index in [4.69, 9.17) is 0 Å². The van der Waals surface area contributed by atoms with Crippen molar-refractivity contribution in [3.05, 3.63) is 126 Å². The standard InChI is InChI=1S/C27H20F6P/c28-26(29,30)21-16-20(17-22(18-21)27(31,32)33)19-34(23-10-4-1-5-11-23,24-12-6-2-7-13-24)25-14-8-3-9-15-25/h1-18H,19H2/q+1. The van der Waals surface area contributed by atoms with E-state index in [9.17, 15) is 26.3 Å². The third-order valence-corrected chi connectivity index (χ3v) is 10.0. The second-order valence-electron chi connectivity index (χ2n) is 7.89. The van der Waals surface area contributed by atoms with E-state index in [0.717, 1.165) is 28.0 Å². The van der Waals surface area contributed by atoms with Gasteiger partial charge in [-0.05, 0) is 60.2 Å². The molecule has 0 saturated heterocycles. The SMILES string of the molecule is FC(F)(F)c1cc(C[P+](c2ccccc2)(c2ccccc2)c2ccccc2)cc(C(F)(F)F)c1. The predicted molar refractivity (Wildman–Crippen MR) is 125 cm³/mol. The van der Waals surface area contributed by atoms with Crippen molar-refractivity contribution in [3.63, 3.8) is 0 Å². The van der Waals surface area contributed by atoms with Gasteiger partial charge in [-0.2, -0.15) is 26.3 Å². The van der Waals surface area contributed by atoms with Crippen molar-refractivity contribution in [1.29, 1.82) is 0 Å². The highest BCUT2D eigenvalue weighted by Gasteiger charge is 2.46. The highest BCUT2D eigenvalue weighted by atomic mass is 31.2. The minimum absolute atomic E-state index is 0.00737. The fourth-order valence-electron chi connectivity index (χ4n) is 4.15. The highest BCUT2D eigenvalue weighted by molar-refractivity contribution is 7.95. The molecule has 0 fully saturated rings. The molecule has 0 bridgehead atoms. The van der Waals surface area contributed by atoms with Crippen molar-refractivity contribution < 1.29 is 26.3 Å². The first-order valence-corrected chi connectivity index (χ1v) is 12.4. The number of alkyl halides is 6. The summed E-state index contributed by atoms with van der Waals surface area (Å²) in [5.74, 6) is 0. The summed E-state index contributed by atoms with van der Waals surface area (Å²) in [5, 5.41) is 2.62. The maximum absolute atomic E-state index is 13.6. The molecule has 0 aliphatic heterocycles. The molecule has 0 unspecified atom stereocenters. The van der Waals surface area contributed by atoms with Crippen molar-refractivity contribution in [2.45, 2.75) is 18.5 Å². The van der Waals surface area contributed by atoms with Crippen LogP contribution in [0.2, 0.25) is 0 Å². The van der Waals surface area contributed by atoms with Gasteiger partial charge in [0.05, 0.1) is 17.3 Å². The number of benzene rings is 4. The summed E-state index contributed by atoms with van der Waals surface area (Å²) in [5.41, 5.74) is -2.61. The van der Waals surface area contributed by atoms with Crippen molar-refractivity contribution >= 4 is 23.2 Å². The van der Waals surface area contributed by atoms with Gasteiger partial charge in [0.15, 0.2) is 0 Å². The van der Waals surface area contributed by atoms with Gasteiger partial charge in [-0.15, -0.1) is 0 Å². The van der Waals surface area contributed by atoms with Gasteiger partial charge in [0.25, 0.3) is 0 Å². The third kappa shape index (κ3) is 4.88. The van der Waals surface area contributed by atoms with Crippen LogP contribution in [0.1, 0.15) is 16.7 Å². The van der Waals surface area contributed by atoms with Crippen molar-refractivity contribution in [1.82, 2.24) is 0 Å². The summed E-state index contributed by atoms with van der Waals surface area (Å²) in [6.07, 6.45) is -9.79. The van der Waals surface area contributed by atoms with E-state index in [0.29, 0.717) is 0 Å². The van der Waals surface area contributed by atoms with E-state index in [1.165, 1.54) is 0 Å². The first-order chi connectivity index (χ1) is 16.1. The average Bonchev–Trinajstić information content (AvgIpc) is 2.83. The molecule has 7 heteroatoms. The molecular formula is C27H20F6P+. The molecule has 0 spiro atoms. The summed E-state index contributed by atoms with van der Waals surface area (Å²) in [6, 6.07) is 29.8. The summed E-state index contributed by atoms with van der Waals surface area (Å²) in [6.45, 7) is 0. The van der Waals surface area contributed by atoms with Crippen LogP contribution in [-0.2, 0) is 18.5 Å². The molecule has 0 saturated carbocycles. The summed E-state index contributed by atoms with van der Waals surface area (Å²) >= 11 is 0. The first-order valence-electron chi connectivity index (χ1n) is 10.4. The monoisotopic (exact) mass is 489 g/mol. The molecule has 0 atom stereocenters. The second kappa shape index (κ2) is 9.27. The van der Waals surface area contributed by atoms with Gasteiger partial charge in [0.1, 0.15) is 23.2 Å². The molecule has 0 radical (unpaired) electrons. The van der Waals surface area contributed by atoms with Crippen LogP contribution in [0.3, 0.4) is 0 Å². The Morgan fingerprint density at radius 1 is 0.471 bits per heavy atom. The van der Waals surface area contributed by atoms with Gasteiger partial charge in [0, 0.05) is 0 Å². The average molecular weight is 489 g/mol. The minimum Gasteiger partial charge on any atom is -0.166 e. The Labute approximate surface area is 194 Å². The number of rotatable bonds is 5. The minimum atomic E-state index is -4.90. The van der Waals surface area contributed by atoms with E-state index >= 15 is 0 Å². The van der Waals surface area contributed by atoms with Crippen LogP contribution in [0.15, 0.2) is 109 Å². The maximum atomic E-state index is 13.6. The van der Waals surface area contributed by atoms with Crippen molar-refractivity contribution in [2.24, 2.45) is 0 Å². The van der Waals surface area contributed by atoms with E-state index in [1.807, 2.05) is 91.0 Å². The zero-order valence-electron chi connectivity index (χ0n) is 17.8. The van der Waals surface area contributed by atoms with Crippen LogP contribution in [0.25, 0.3) is 0 Å². The summed E-state index contributed by atoms with van der Waals surface area (Å²) in [4.78, 5) is 0. The van der Waals surface area contributed by atoms with Crippen LogP contribution in [0.5, 0.6) is 0 Å². The molecular weight excluding hydrogens is 469 g/mol. The predicted octanol–water partition coefficient (Wildman–Crippen LogP) is 7.22. The largest absolute Gasteiger partial charge is 0.416 e. The van der Waals surface area contributed by atoms with Gasteiger partial charge >= 0.3 is 12.4 Å². The number of hydrogen-bond acceptors (Lipinski definition) is 0. The second-order valence-corrected chi connectivity index (χ2v) is 11.4. The molecule has 0 nitrogen and oxygen atoms in total. The van der Waals surface area contributed by atoms with E-state index < -0.39 is 30.7 Å². The summed E-state index contributed by atoms with van der Waals surface area (Å²) < 4.78 is 81.5. The van der Waals surface area contributed by atoms with Gasteiger partial charge in [0.2, 0.25) is 0 Å². The lowest BCUT2D eigenvalue weighted by Gasteiger charge is -2.28. The maximum Gasteiger partial charge on any atom is 0.416 e. The van der Waals surface area contributed by atoms with Crippen LogP contribution in [-0.4, -0.2) is 0 Å². The Kier molecular flexibility index (Phi) is 6.55. The zero-order valence-corrected chi connectivity index (χ0v) is 18.7. The van der Waals surface area contributed by atoms with Crippen LogP contribution >= 0.6 is 7.26 Å². The zero-order chi connectivity index (χ0) is 24.4. The van der Waals surface area contributed by atoms with Crippen molar-refractivity contribution in [2.75, 3.05) is 0 Å². The number of hydrogen-bond donors (Lipinski definition) is 0. The molecule has 0 N–H and O–H groups in total. The molecule has 0 aliphatic rings. The fraction of sp³-hybridized carbons (Fsp3) is 0.111. The van der Waals surface area contributed by atoms with Gasteiger partial charge in [-0.25, -0.2) is 0 Å². The van der Waals surface area contributed by atoms with Crippen LogP contribution in [0, 0.1) is 0 Å².